The zero-order chi connectivity index (χ0) is 25.7. The largest absolute Gasteiger partial charge is 0.490 e. The Balaban J connectivity index is 1.48. The Labute approximate surface area is 214 Å². The monoisotopic (exact) mass is 498 g/mol. The average molecular weight is 499 g/mol. The van der Waals surface area contributed by atoms with Gasteiger partial charge in [0.2, 0.25) is 0 Å². The van der Waals surface area contributed by atoms with E-state index in [1.54, 1.807) is 0 Å². The second-order valence-corrected chi connectivity index (χ2v) is 10.5. The fourth-order valence-electron chi connectivity index (χ4n) is 5.08. The van der Waals surface area contributed by atoms with Gasteiger partial charge in [-0.3, -0.25) is 14.4 Å². The highest BCUT2D eigenvalue weighted by Gasteiger charge is 2.29. The standard InChI is InChI=1S/C28H42N4O4/c1-20-22(17-29-31(20)3)18-32-15-6-4-5-9-21-10-7-13-24(28(35)30(2)23-11-8-12-23)27(21)36-19-26(34)25(33)14-16-32/h7,10,13,17,23,25-26,33-34H,4-6,8-9,11-12,14-16,18-19H2,1-3H3/t25-,26+/m0/s1. The minimum absolute atomic E-state index is 0.0333. The number of hydrogen-bond acceptors (Lipinski definition) is 6. The molecule has 1 aliphatic carbocycles. The van der Waals surface area contributed by atoms with Crippen LogP contribution in [0.3, 0.4) is 0 Å². The number of carbonyl (C=O) groups excluding carboxylic acids is 1. The van der Waals surface area contributed by atoms with Gasteiger partial charge in [-0.1, -0.05) is 18.6 Å². The topological polar surface area (TPSA) is 91.1 Å². The van der Waals surface area contributed by atoms with Gasteiger partial charge < -0.3 is 19.8 Å². The Kier molecular flexibility index (Phi) is 9.04. The van der Waals surface area contributed by atoms with Gasteiger partial charge in [-0.15, -0.1) is 0 Å². The Morgan fingerprint density at radius 2 is 1.92 bits per heavy atom. The number of nitrogens with zero attached hydrogens (tertiary/aromatic N) is 4. The molecule has 2 aliphatic rings. The van der Waals surface area contributed by atoms with Crippen molar-refractivity contribution in [1.82, 2.24) is 19.6 Å². The van der Waals surface area contributed by atoms with Crippen LogP contribution in [0.15, 0.2) is 24.4 Å². The number of fused-ring (bicyclic) bond motifs is 1. The molecule has 2 heterocycles. The van der Waals surface area contributed by atoms with Crippen LogP contribution in [0.2, 0.25) is 0 Å². The smallest absolute Gasteiger partial charge is 0.257 e. The van der Waals surface area contributed by atoms with E-state index in [4.69, 9.17) is 4.74 Å². The summed E-state index contributed by atoms with van der Waals surface area (Å²) >= 11 is 0. The van der Waals surface area contributed by atoms with Crippen molar-refractivity contribution in [3.63, 3.8) is 0 Å². The number of aliphatic hydroxyl groups excluding tert-OH is 2. The fraction of sp³-hybridized carbons (Fsp3) is 0.643. The van der Waals surface area contributed by atoms with Crippen LogP contribution in [0, 0.1) is 6.92 Å². The Morgan fingerprint density at radius 1 is 1.11 bits per heavy atom. The summed E-state index contributed by atoms with van der Waals surface area (Å²) in [6.45, 7) is 4.41. The summed E-state index contributed by atoms with van der Waals surface area (Å²) < 4.78 is 7.99. The van der Waals surface area contributed by atoms with Crippen molar-refractivity contribution in [1.29, 1.82) is 0 Å². The number of aromatic nitrogens is 2. The number of para-hydroxylation sites is 1. The molecule has 1 aromatic heterocycles. The van der Waals surface area contributed by atoms with Crippen LogP contribution >= 0.6 is 0 Å². The highest BCUT2D eigenvalue weighted by atomic mass is 16.5. The lowest BCUT2D eigenvalue weighted by Gasteiger charge is -2.35. The molecule has 2 N–H and O–H groups in total. The fourth-order valence-corrected chi connectivity index (χ4v) is 5.08. The first-order valence-corrected chi connectivity index (χ1v) is 13.4. The third-order valence-electron chi connectivity index (χ3n) is 8.00. The lowest BCUT2D eigenvalue weighted by Crippen LogP contribution is -2.41. The first kappa shape index (κ1) is 26.6. The van der Waals surface area contributed by atoms with Gasteiger partial charge in [0.15, 0.2) is 0 Å². The van der Waals surface area contributed by atoms with Crippen LogP contribution < -0.4 is 4.74 Å². The summed E-state index contributed by atoms with van der Waals surface area (Å²) in [5.41, 5.74) is 3.88. The maximum Gasteiger partial charge on any atom is 0.257 e. The second kappa shape index (κ2) is 12.2. The van der Waals surface area contributed by atoms with E-state index >= 15 is 0 Å². The molecule has 0 unspecified atom stereocenters. The molecule has 0 bridgehead atoms. The van der Waals surface area contributed by atoms with Gasteiger partial charge in [0.05, 0.1) is 17.9 Å². The van der Waals surface area contributed by atoms with Crippen molar-refractivity contribution in [3.05, 3.63) is 46.8 Å². The number of aliphatic hydroxyl groups is 2. The summed E-state index contributed by atoms with van der Waals surface area (Å²) in [6, 6.07) is 6.05. The van der Waals surface area contributed by atoms with E-state index in [-0.39, 0.29) is 18.6 Å². The van der Waals surface area contributed by atoms with E-state index in [0.29, 0.717) is 24.3 Å². The summed E-state index contributed by atoms with van der Waals surface area (Å²) in [5.74, 6) is 0.528. The summed E-state index contributed by atoms with van der Waals surface area (Å²) in [4.78, 5) is 17.5. The zero-order valence-electron chi connectivity index (χ0n) is 22.0. The minimum atomic E-state index is -1.03. The maximum atomic E-state index is 13.3. The molecular weight excluding hydrogens is 456 g/mol. The summed E-state index contributed by atoms with van der Waals surface area (Å²) in [5, 5.41) is 25.8. The van der Waals surface area contributed by atoms with Crippen LogP contribution in [0.5, 0.6) is 5.75 Å². The molecular formula is C28H42N4O4. The molecule has 0 spiro atoms. The second-order valence-electron chi connectivity index (χ2n) is 10.5. The number of hydrogen-bond donors (Lipinski definition) is 2. The number of amides is 1. The van der Waals surface area contributed by atoms with Crippen molar-refractivity contribution < 1.29 is 19.7 Å². The van der Waals surface area contributed by atoms with Gasteiger partial charge >= 0.3 is 0 Å². The number of carbonyl (C=O) groups is 1. The molecule has 1 aromatic carbocycles. The normalized spacial score (nSPS) is 22.7. The molecule has 36 heavy (non-hydrogen) atoms. The van der Waals surface area contributed by atoms with Gasteiger partial charge in [-0.25, -0.2) is 0 Å². The number of benzene rings is 1. The third-order valence-corrected chi connectivity index (χ3v) is 8.00. The summed E-state index contributed by atoms with van der Waals surface area (Å²) in [7, 11) is 3.82. The first-order valence-electron chi connectivity index (χ1n) is 13.4. The highest BCUT2D eigenvalue weighted by Crippen LogP contribution is 2.31. The molecule has 198 valence electrons. The van der Waals surface area contributed by atoms with Gasteiger partial charge in [0.1, 0.15) is 18.5 Å². The Hall–Kier alpha value is -2.42. The molecule has 8 nitrogen and oxygen atoms in total. The zero-order valence-corrected chi connectivity index (χ0v) is 22.0. The number of rotatable bonds is 4. The van der Waals surface area contributed by atoms with Crippen LogP contribution in [-0.2, 0) is 20.0 Å². The van der Waals surface area contributed by atoms with Crippen molar-refractivity contribution >= 4 is 5.91 Å². The van der Waals surface area contributed by atoms with Gasteiger partial charge in [-0.05, 0) is 70.0 Å². The Morgan fingerprint density at radius 3 is 2.61 bits per heavy atom. The average Bonchev–Trinajstić information content (AvgIpc) is 3.15. The number of ether oxygens (including phenoxy) is 1. The molecule has 2 aromatic rings. The van der Waals surface area contributed by atoms with E-state index in [1.807, 2.05) is 48.1 Å². The van der Waals surface area contributed by atoms with Crippen molar-refractivity contribution in [2.45, 2.75) is 83.1 Å². The molecule has 1 saturated carbocycles. The highest BCUT2D eigenvalue weighted by molar-refractivity contribution is 5.97. The molecule has 1 fully saturated rings. The van der Waals surface area contributed by atoms with E-state index < -0.39 is 12.2 Å². The van der Waals surface area contributed by atoms with Gasteiger partial charge in [-0.2, -0.15) is 5.10 Å². The van der Waals surface area contributed by atoms with Crippen molar-refractivity contribution in [3.8, 4) is 5.75 Å². The summed E-state index contributed by atoms with van der Waals surface area (Å²) in [6.07, 6.45) is 7.58. The van der Waals surface area contributed by atoms with E-state index in [1.165, 1.54) is 5.56 Å². The van der Waals surface area contributed by atoms with E-state index in [2.05, 4.69) is 16.9 Å². The third kappa shape index (κ3) is 6.28. The van der Waals surface area contributed by atoms with Crippen LogP contribution in [0.1, 0.15) is 72.1 Å². The SMILES string of the molecule is Cc1c(CN2CCCCCc3cccc(C(=O)N(C)C4CCC4)c3OC[C@@H](O)[C@@H](O)CC2)cnn1C. The van der Waals surface area contributed by atoms with Crippen molar-refractivity contribution in [2.24, 2.45) is 7.05 Å². The molecule has 1 aliphatic heterocycles. The quantitative estimate of drug-likeness (QED) is 0.673. The Bertz CT molecular complexity index is 1020. The molecule has 0 saturated heterocycles. The van der Waals surface area contributed by atoms with Gasteiger partial charge in [0.25, 0.3) is 5.91 Å². The van der Waals surface area contributed by atoms with Gasteiger partial charge in [0, 0.05) is 44.5 Å². The molecule has 4 rings (SSSR count). The first-order chi connectivity index (χ1) is 17.3. The van der Waals surface area contributed by atoms with Crippen LogP contribution in [0.25, 0.3) is 0 Å². The molecule has 2 atom stereocenters. The van der Waals surface area contributed by atoms with Crippen molar-refractivity contribution in [2.75, 3.05) is 26.7 Å². The van der Waals surface area contributed by atoms with E-state index in [0.717, 1.165) is 69.3 Å². The number of aryl methyl sites for hydroxylation is 2. The predicted molar refractivity (Wildman–Crippen MR) is 139 cm³/mol. The van der Waals surface area contributed by atoms with E-state index in [9.17, 15) is 15.0 Å². The molecule has 8 heteroatoms. The van der Waals surface area contributed by atoms with Crippen LogP contribution in [0.4, 0.5) is 0 Å². The van der Waals surface area contributed by atoms with Crippen LogP contribution in [-0.4, -0.2) is 80.7 Å². The predicted octanol–water partition coefficient (Wildman–Crippen LogP) is 3.07. The molecule has 0 radical (unpaired) electrons. The lowest BCUT2D eigenvalue weighted by molar-refractivity contribution is -0.0165. The minimum Gasteiger partial charge on any atom is -0.490 e. The lowest BCUT2D eigenvalue weighted by atomic mass is 9.91. The molecule has 1 amide bonds. The maximum absolute atomic E-state index is 13.3.